The highest BCUT2D eigenvalue weighted by Gasteiger charge is 2.09. The fourth-order valence-corrected chi connectivity index (χ4v) is 1.63. The van der Waals surface area contributed by atoms with E-state index < -0.39 is 5.82 Å². The van der Waals surface area contributed by atoms with Gasteiger partial charge in [0.25, 0.3) is 0 Å². The lowest BCUT2D eigenvalue weighted by Gasteiger charge is -2.09. The van der Waals surface area contributed by atoms with Gasteiger partial charge in [-0.2, -0.15) is 4.73 Å². The van der Waals surface area contributed by atoms with Gasteiger partial charge in [-0.25, -0.2) is 4.39 Å². The molecule has 0 saturated carbocycles. The molecule has 1 aromatic carbocycles. The molecule has 0 fully saturated rings. The highest BCUT2D eigenvalue weighted by atomic mass is 19.1. The van der Waals surface area contributed by atoms with E-state index in [2.05, 4.69) is 5.32 Å². The lowest BCUT2D eigenvalue weighted by Crippen LogP contribution is -2.28. The lowest BCUT2D eigenvalue weighted by molar-refractivity contribution is -0.612. The number of amides is 1. The first-order valence-electron chi connectivity index (χ1n) is 5.90. The zero-order valence-corrected chi connectivity index (χ0v) is 11.0. The molecule has 6 heteroatoms. The number of nitrogens with one attached hydrogen (secondary N) is 1. The van der Waals surface area contributed by atoms with Crippen LogP contribution < -0.4 is 14.8 Å². The summed E-state index contributed by atoms with van der Waals surface area (Å²) in [5.74, 6) is -0.507. The predicted molar refractivity (Wildman–Crippen MR) is 70.9 cm³/mol. The highest BCUT2D eigenvalue weighted by Crippen LogP contribution is 2.26. The first-order valence-corrected chi connectivity index (χ1v) is 5.90. The molecule has 1 aromatic heterocycles. The van der Waals surface area contributed by atoms with Gasteiger partial charge in [0.2, 0.25) is 5.91 Å². The van der Waals surface area contributed by atoms with Gasteiger partial charge in [-0.1, -0.05) is 0 Å². The Kier molecular flexibility index (Phi) is 3.84. The second-order valence-corrected chi connectivity index (χ2v) is 4.26. The van der Waals surface area contributed by atoms with E-state index in [-0.39, 0.29) is 11.7 Å². The minimum Gasteiger partial charge on any atom is -0.619 e. The molecule has 5 nitrogen and oxygen atoms in total. The fourth-order valence-electron chi connectivity index (χ4n) is 1.63. The van der Waals surface area contributed by atoms with Crippen LogP contribution in [-0.2, 0) is 4.79 Å². The Morgan fingerprint density at radius 2 is 2.10 bits per heavy atom. The van der Waals surface area contributed by atoms with Gasteiger partial charge in [-0.15, -0.1) is 0 Å². The van der Waals surface area contributed by atoms with Crippen LogP contribution in [0.4, 0.5) is 10.1 Å². The van der Waals surface area contributed by atoms with Crippen LogP contribution in [0.15, 0.2) is 36.5 Å². The zero-order valence-electron chi connectivity index (χ0n) is 11.0. The molecule has 0 radical (unpaired) electrons. The number of pyridine rings is 1. The van der Waals surface area contributed by atoms with E-state index in [1.165, 1.54) is 43.5 Å². The van der Waals surface area contributed by atoms with Crippen LogP contribution in [0.2, 0.25) is 0 Å². The summed E-state index contributed by atoms with van der Waals surface area (Å²) in [6, 6.07) is 7.06. The number of anilines is 1. The molecule has 0 saturated heterocycles. The summed E-state index contributed by atoms with van der Waals surface area (Å²) in [5.41, 5.74) is 0.793. The number of benzene rings is 1. The highest BCUT2D eigenvalue weighted by molar-refractivity contribution is 5.88. The number of carbonyl (C=O) groups excluding carboxylic acids is 1. The van der Waals surface area contributed by atoms with E-state index >= 15 is 0 Å². The molecule has 104 valence electrons. The van der Waals surface area contributed by atoms with Gasteiger partial charge in [-0.3, -0.25) is 4.79 Å². The molecule has 0 unspecified atom stereocenters. The molecule has 0 bridgehead atoms. The minimum atomic E-state index is -0.604. The average Bonchev–Trinajstić information content (AvgIpc) is 2.36. The molecule has 0 aliphatic rings. The third kappa shape index (κ3) is 3.23. The van der Waals surface area contributed by atoms with Crippen molar-refractivity contribution in [2.24, 2.45) is 0 Å². The van der Waals surface area contributed by atoms with Gasteiger partial charge >= 0.3 is 0 Å². The number of carbonyl (C=O) groups is 1. The van der Waals surface area contributed by atoms with Gasteiger partial charge in [0.1, 0.15) is 5.75 Å². The number of rotatable bonds is 3. The minimum absolute atomic E-state index is 0.0159. The van der Waals surface area contributed by atoms with Crippen LogP contribution in [0, 0.1) is 17.9 Å². The Morgan fingerprint density at radius 1 is 1.35 bits per heavy atom. The monoisotopic (exact) mass is 276 g/mol. The van der Waals surface area contributed by atoms with Gasteiger partial charge in [-0.05, 0) is 12.1 Å². The van der Waals surface area contributed by atoms with E-state index in [0.29, 0.717) is 21.9 Å². The molecule has 0 aliphatic heterocycles. The zero-order chi connectivity index (χ0) is 14.7. The molecular formula is C14H13FN2O3. The molecule has 2 rings (SSSR count). The summed E-state index contributed by atoms with van der Waals surface area (Å²) in [6.07, 6.45) is 1.29. The van der Waals surface area contributed by atoms with Crippen LogP contribution in [0.1, 0.15) is 12.6 Å². The molecule has 20 heavy (non-hydrogen) atoms. The van der Waals surface area contributed by atoms with E-state index in [9.17, 15) is 14.4 Å². The van der Waals surface area contributed by atoms with Gasteiger partial charge in [0.05, 0.1) is 0 Å². The van der Waals surface area contributed by atoms with Crippen molar-refractivity contribution in [3.05, 3.63) is 53.2 Å². The smallest absolute Gasteiger partial charge is 0.221 e. The summed E-state index contributed by atoms with van der Waals surface area (Å²) < 4.78 is 19.9. The van der Waals surface area contributed by atoms with Crippen molar-refractivity contribution in [2.45, 2.75) is 13.8 Å². The third-order valence-corrected chi connectivity index (χ3v) is 2.55. The van der Waals surface area contributed by atoms with Crippen LogP contribution in [-0.4, -0.2) is 5.91 Å². The van der Waals surface area contributed by atoms with Gasteiger partial charge < -0.3 is 15.3 Å². The van der Waals surface area contributed by atoms with Crippen molar-refractivity contribution in [1.82, 2.24) is 0 Å². The third-order valence-electron chi connectivity index (χ3n) is 2.55. The SMILES string of the molecule is CC(=O)Nc1ccc(Oc2cc[n+]([O-])c(C)c2)c(F)c1. The first kappa shape index (κ1) is 13.8. The number of aromatic nitrogens is 1. The van der Waals surface area contributed by atoms with Crippen molar-refractivity contribution < 1.29 is 18.7 Å². The molecule has 1 N–H and O–H groups in total. The van der Waals surface area contributed by atoms with Crippen LogP contribution >= 0.6 is 0 Å². The summed E-state index contributed by atoms with van der Waals surface area (Å²) in [5, 5.41) is 13.7. The van der Waals surface area contributed by atoms with Gasteiger partial charge in [0.15, 0.2) is 23.5 Å². The number of hydrogen-bond donors (Lipinski definition) is 1. The maximum absolute atomic E-state index is 13.8. The van der Waals surface area contributed by atoms with Crippen molar-refractivity contribution in [2.75, 3.05) is 5.32 Å². The Balaban J connectivity index is 2.21. The second kappa shape index (κ2) is 5.56. The maximum Gasteiger partial charge on any atom is 0.221 e. The molecular weight excluding hydrogens is 263 g/mol. The van der Waals surface area contributed by atoms with E-state index in [4.69, 9.17) is 4.74 Å². The van der Waals surface area contributed by atoms with Crippen LogP contribution in [0.3, 0.4) is 0 Å². The largest absolute Gasteiger partial charge is 0.619 e. The topological polar surface area (TPSA) is 65.3 Å². The molecule has 1 heterocycles. The van der Waals surface area contributed by atoms with Crippen molar-refractivity contribution in [1.29, 1.82) is 0 Å². The van der Waals surface area contributed by atoms with Crippen molar-refractivity contribution in [3.63, 3.8) is 0 Å². The van der Waals surface area contributed by atoms with Crippen LogP contribution in [0.25, 0.3) is 0 Å². The number of nitrogens with zero attached hydrogens (tertiary/aromatic N) is 1. The molecule has 0 aliphatic carbocycles. The summed E-state index contributed by atoms with van der Waals surface area (Å²) >= 11 is 0. The van der Waals surface area contributed by atoms with Gasteiger partial charge in [0, 0.05) is 37.7 Å². The maximum atomic E-state index is 13.8. The fraction of sp³-hybridized carbons (Fsp3) is 0.143. The number of ether oxygens (including phenoxy) is 1. The average molecular weight is 276 g/mol. The molecule has 2 aromatic rings. The number of halogens is 1. The van der Waals surface area contributed by atoms with Crippen molar-refractivity contribution >= 4 is 11.6 Å². The quantitative estimate of drug-likeness (QED) is 0.692. The summed E-state index contributed by atoms with van der Waals surface area (Å²) in [7, 11) is 0. The standard InChI is InChI=1S/C14H13FN2O3/c1-9-7-12(5-6-17(9)19)20-14-4-3-11(8-13(14)15)16-10(2)18/h3-8H,1-2H3,(H,16,18). The molecule has 0 spiro atoms. The normalized spacial score (nSPS) is 10.2. The van der Waals surface area contributed by atoms with E-state index in [0.717, 1.165) is 0 Å². The van der Waals surface area contributed by atoms with Crippen molar-refractivity contribution in [3.8, 4) is 11.5 Å². The van der Waals surface area contributed by atoms with E-state index in [1.807, 2.05) is 0 Å². The first-order chi connectivity index (χ1) is 9.45. The molecule has 1 amide bonds. The Hall–Kier alpha value is -2.63. The number of aryl methyl sites for hydroxylation is 1. The Bertz CT molecular complexity index is 659. The second-order valence-electron chi connectivity index (χ2n) is 4.26. The predicted octanol–water partition coefficient (Wildman–Crippen LogP) is 2.52. The lowest BCUT2D eigenvalue weighted by atomic mass is 10.3. The van der Waals surface area contributed by atoms with E-state index in [1.54, 1.807) is 6.92 Å². The number of hydrogen-bond acceptors (Lipinski definition) is 3. The molecule has 0 atom stereocenters. The summed E-state index contributed by atoms with van der Waals surface area (Å²) in [6.45, 7) is 2.96. The summed E-state index contributed by atoms with van der Waals surface area (Å²) in [4.78, 5) is 10.9. The van der Waals surface area contributed by atoms with Crippen LogP contribution in [0.5, 0.6) is 11.5 Å². The Morgan fingerprint density at radius 3 is 2.70 bits per heavy atom. The Labute approximate surface area is 115 Å².